The number of aliphatic hydroxyl groups is 1. The number of rotatable bonds is 1. The van der Waals surface area contributed by atoms with Gasteiger partial charge in [0.15, 0.2) is 0 Å². The molecule has 0 aliphatic rings. The van der Waals surface area contributed by atoms with Gasteiger partial charge in [0, 0.05) is 13.2 Å². The fourth-order valence-electron chi connectivity index (χ4n) is 0. The van der Waals surface area contributed by atoms with Gasteiger partial charge in [-0.1, -0.05) is 6.58 Å². The molecular formula is C5H8KNO3. The summed E-state index contributed by atoms with van der Waals surface area (Å²) >= 11 is 0.410. The molecule has 0 aromatic heterocycles. The molecule has 0 aromatic carbocycles. The van der Waals surface area contributed by atoms with Gasteiger partial charge in [0.1, 0.15) is 0 Å². The van der Waals surface area contributed by atoms with E-state index in [4.69, 9.17) is 15.5 Å². The average Bonchev–Trinajstić information content (AvgIpc) is 1.94. The van der Waals surface area contributed by atoms with Gasteiger partial charge in [-0.15, -0.1) is 0 Å². The number of carboxylic acids is 1. The predicted molar refractivity (Wildman–Crippen MR) is 37.3 cm³/mol. The molecule has 2 N–H and O–H groups in total. The molecule has 0 aliphatic heterocycles. The Balaban J connectivity index is -0.0000000847. The van der Waals surface area contributed by atoms with E-state index in [9.17, 15) is 4.79 Å². The standard InChI is InChI=1S/C3H4O2.CN.CH4O.K/c1-2-3(4)5;2*1-2;/h2H,1H2,(H,4,5);;2H,1H3;. The number of carboxylic acid groups (broad SMARTS) is 1. The Hall–Kier alpha value is 0.296. The van der Waals surface area contributed by atoms with E-state index in [2.05, 4.69) is 6.58 Å². The van der Waals surface area contributed by atoms with E-state index in [1.54, 1.807) is 0 Å². The summed E-state index contributed by atoms with van der Waals surface area (Å²) in [5, 5.41) is 22.0. The van der Waals surface area contributed by atoms with Crippen LogP contribution in [0.25, 0.3) is 0 Å². The molecule has 0 atom stereocenters. The molecule has 0 unspecified atom stereocenters. The number of nitriles is 1. The van der Waals surface area contributed by atoms with Crippen LogP contribution in [0.2, 0.25) is 0 Å². The van der Waals surface area contributed by atoms with Crippen molar-refractivity contribution in [3.63, 3.8) is 0 Å². The second-order valence-corrected chi connectivity index (χ2v) is 1.46. The molecule has 5 heteroatoms. The number of aliphatic hydroxyl groups excluding tert-OH is 1. The van der Waals surface area contributed by atoms with E-state index in [1.807, 2.05) is 0.164 Å². The van der Waals surface area contributed by atoms with Crippen LogP contribution < -0.4 is 0 Å². The van der Waals surface area contributed by atoms with Crippen molar-refractivity contribution >= 4 is 54.9 Å². The van der Waals surface area contributed by atoms with Crippen molar-refractivity contribution in [1.82, 2.24) is 0 Å². The van der Waals surface area contributed by atoms with Gasteiger partial charge in [-0.05, 0) is 0 Å². The zero-order valence-corrected chi connectivity index (χ0v) is 9.16. The molecule has 0 saturated carbocycles. The van der Waals surface area contributed by atoms with Gasteiger partial charge >= 0.3 is 60.3 Å². The Kier molecular flexibility index (Phi) is 38.1. The first-order valence-electron chi connectivity index (χ1n) is 2.30. The summed E-state index contributed by atoms with van der Waals surface area (Å²) in [6.07, 6.45) is 0.833. The summed E-state index contributed by atoms with van der Waals surface area (Å²) in [5.74, 6) is -0.981. The molecule has 10 heavy (non-hydrogen) atoms. The van der Waals surface area contributed by atoms with Crippen molar-refractivity contribution in [3.05, 3.63) is 12.7 Å². The molecule has 0 heterocycles. The summed E-state index contributed by atoms with van der Waals surface area (Å²) in [7, 11) is 1.00. The van der Waals surface area contributed by atoms with Gasteiger partial charge in [0.25, 0.3) is 0 Å². The molecule has 0 bridgehead atoms. The van der Waals surface area contributed by atoms with Crippen molar-refractivity contribution in [2.24, 2.45) is 0 Å². The van der Waals surface area contributed by atoms with E-state index < -0.39 is 5.97 Å². The molecule has 0 fully saturated rings. The fraction of sp³-hybridized carbons (Fsp3) is 0.200. The molecular weight excluding hydrogens is 161 g/mol. The molecule has 0 aromatic rings. The summed E-state index contributed by atoms with van der Waals surface area (Å²) in [6, 6.07) is 0. The summed E-state index contributed by atoms with van der Waals surface area (Å²) in [5.41, 5.74) is 0. The van der Waals surface area contributed by atoms with Gasteiger partial charge in [-0.2, -0.15) is 0 Å². The van der Waals surface area contributed by atoms with Crippen LogP contribution in [0.3, 0.4) is 0 Å². The van der Waals surface area contributed by atoms with E-state index in [-0.39, 0.29) is 0 Å². The molecule has 0 aliphatic carbocycles. The Morgan fingerprint density at radius 1 is 1.80 bits per heavy atom. The van der Waals surface area contributed by atoms with E-state index in [0.29, 0.717) is 49.0 Å². The van der Waals surface area contributed by atoms with Crippen LogP contribution in [-0.2, 0) is 4.79 Å². The molecule has 0 rings (SSSR count). The Morgan fingerprint density at radius 2 is 1.90 bits per heavy atom. The number of aliphatic carboxylic acids is 1. The van der Waals surface area contributed by atoms with Crippen LogP contribution in [0.15, 0.2) is 12.7 Å². The third-order valence-electron chi connectivity index (χ3n) is 0.175. The van der Waals surface area contributed by atoms with Crippen LogP contribution in [0.4, 0.5) is 0 Å². The van der Waals surface area contributed by atoms with Gasteiger partial charge < -0.3 is 10.2 Å². The maximum atomic E-state index is 9.25. The predicted octanol–water partition coefficient (Wildman–Crippen LogP) is -0.499. The normalized spacial score (nSPS) is 4.70. The molecule has 52 valence electrons. The van der Waals surface area contributed by atoms with E-state index >= 15 is 0 Å². The quantitative estimate of drug-likeness (QED) is 0.409. The third-order valence-corrected chi connectivity index (χ3v) is 0.175. The Labute approximate surface area is 93.7 Å². The Bertz CT molecular complexity index is 119. The summed E-state index contributed by atoms with van der Waals surface area (Å²) < 4.78 is 1.94. The topological polar surface area (TPSA) is 81.3 Å². The van der Waals surface area contributed by atoms with Crippen molar-refractivity contribution in [3.8, 4) is 0.164 Å². The second-order valence-electron chi connectivity index (χ2n) is 0.766. The van der Waals surface area contributed by atoms with Crippen LogP contribution in [0.5, 0.6) is 0 Å². The van der Waals surface area contributed by atoms with Crippen LogP contribution in [-0.4, -0.2) is 72.2 Å². The maximum absolute atomic E-state index is 9.25. The van der Waals surface area contributed by atoms with Crippen molar-refractivity contribution in [2.45, 2.75) is 0 Å². The minimum absolute atomic E-state index is 0.410. The van der Waals surface area contributed by atoms with Crippen molar-refractivity contribution in [1.29, 1.82) is 5.26 Å². The van der Waals surface area contributed by atoms with Gasteiger partial charge in [0.2, 0.25) is 0 Å². The monoisotopic (exact) mass is 169 g/mol. The van der Waals surface area contributed by atoms with Gasteiger partial charge in [-0.25, -0.2) is 4.79 Å². The fourth-order valence-corrected chi connectivity index (χ4v) is 0. The Morgan fingerprint density at radius 3 is 1.90 bits per heavy atom. The average molecular weight is 169 g/mol. The zero-order chi connectivity index (χ0) is 8.99. The SMILES string of the molecule is C=CC(=O)O.CO.N#[C][K]. The number of hydrogen-bond donors (Lipinski definition) is 2. The number of hydrogen-bond acceptors (Lipinski definition) is 3. The van der Waals surface area contributed by atoms with Gasteiger partial charge in [-0.3, -0.25) is 0 Å². The summed E-state index contributed by atoms with van der Waals surface area (Å²) in [4.78, 5) is 9.25. The first-order valence-corrected chi connectivity index (χ1v) is 3.86. The van der Waals surface area contributed by atoms with Gasteiger partial charge in [0.05, 0.1) is 0 Å². The van der Waals surface area contributed by atoms with Crippen molar-refractivity contribution < 1.29 is 15.0 Å². The van der Waals surface area contributed by atoms with E-state index in [0.717, 1.165) is 13.2 Å². The van der Waals surface area contributed by atoms with E-state index in [1.165, 1.54) is 0 Å². The third kappa shape index (κ3) is 83.8. The summed E-state index contributed by atoms with van der Waals surface area (Å²) in [6.45, 7) is 2.96. The molecule has 0 spiro atoms. The number of carbonyl (C=O) groups is 1. The van der Waals surface area contributed by atoms with Crippen LogP contribution in [0.1, 0.15) is 0 Å². The molecule has 0 radical (unpaired) electrons. The first-order chi connectivity index (χ1) is 4.68. The van der Waals surface area contributed by atoms with Crippen LogP contribution >= 0.6 is 0 Å². The van der Waals surface area contributed by atoms with Crippen molar-refractivity contribution in [2.75, 3.05) is 7.11 Å². The second kappa shape index (κ2) is 22.8. The molecule has 0 amide bonds. The minimum atomic E-state index is -0.981. The molecule has 0 saturated heterocycles. The molecule has 4 nitrogen and oxygen atoms in total. The van der Waals surface area contributed by atoms with Crippen LogP contribution in [0, 0.1) is 5.43 Å². The number of nitrogens with zero attached hydrogens (tertiary/aromatic N) is 1. The first kappa shape index (κ1) is 16.7. The zero-order valence-electron chi connectivity index (χ0n) is 6.03.